The predicted molar refractivity (Wildman–Crippen MR) is 61.9 cm³/mol. The quantitative estimate of drug-likeness (QED) is 0.836. The van der Waals surface area contributed by atoms with Gasteiger partial charge in [-0.1, -0.05) is 0 Å². The van der Waals surface area contributed by atoms with Crippen LogP contribution in [0.1, 0.15) is 12.5 Å². The Hall–Kier alpha value is -1.94. The lowest BCUT2D eigenvalue weighted by atomic mass is 10.3. The Morgan fingerprint density at radius 3 is 2.59 bits per heavy atom. The lowest BCUT2D eigenvalue weighted by Crippen LogP contribution is -2.32. The van der Waals surface area contributed by atoms with Crippen molar-refractivity contribution in [3.8, 4) is 6.07 Å². The summed E-state index contributed by atoms with van der Waals surface area (Å²) in [7, 11) is -3.43. The Morgan fingerprint density at radius 1 is 1.53 bits per heavy atom. The molecule has 0 spiro atoms. The van der Waals surface area contributed by atoms with Gasteiger partial charge >= 0.3 is 0 Å². The van der Waals surface area contributed by atoms with E-state index in [-0.39, 0.29) is 5.82 Å². The number of amides is 1. The number of hydrogen-bond acceptors (Lipinski definition) is 5. The summed E-state index contributed by atoms with van der Waals surface area (Å²) in [5, 5.41) is 9.77. The summed E-state index contributed by atoms with van der Waals surface area (Å²) >= 11 is 0. The smallest absolute Gasteiger partial charge is 0.243 e. The minimum Gasteiger partial charge on any atom is -0.310 e. The van der Waals surface area contributed by atoms with Gasteiger partial charge in [0.1, 0.15) is 17.1 Å². The summed E-state index contributed by atoms with van der Waals surface area (Å²) in [4.78, 5) is 15.3. The molecule has 0 bridgehead atoms. The second-order valence-electron chi connectivity index (χ2n) is 3.50. The summed E-state index contributed by atoms with van der Waals surface area (Å²) in [6.07, 6.45) is 2.28. The van der Waals surface area contributed by atoms with Gasteiger partial charge in [-0.05, 0) is 19.1 Å². The molecule has 1 unspecified atom stereocenters. The van der Waals surface area contributed by atoms with Crippen LogP contribution < -0.4 is 5.32 Å². The van der Waals surface area contributed by atoms with Crippen LogP contribution >= 0.6 is 0 Å². The van der Waals surface area contributed by atoms with Crippen molar-refractivity contribution in [3.05, 3.63) is 23.9 Å². The van der Waals surface area contributed by atoms with E-state index in [4.69, 9.17) is 5.26 Å². The van der Waals surface area contributed by atoms with Gasteiger partial charge in [0.2, 0.25) is 5.91 Å². The van der Waals surface area contributed by atoms with Gasteiger partial charge in [-0.2, -0.15) is 5.26 Å². The first-order chi connectivity index (χ1) is 7.84. The van der Waals surface area contributed by atoms with E-state index in [1.807, 2.05) is 6.07 Å². The summed E-state index contributed by atoms with van der Waals surface area (Å²) in [5.74, 6) is -0.436. The van der Waals surface area contributed by atoms with E-state index in [2.05, 4.69) is 10.3 Å². The first kappa shape index (κ1) is 13.1. The zero-order valence-electron chi connectivity index (χ0n) is 9.34. The fraction of sp³-hybridized carbons (Fsp3) is 0.300. The summed E-state index contributed by atoms with van der Waals surface area (Å²) in [6.45, 7) is 1.30. The van der Waals surface area contributed by atoms with Crippen LogP contribution in [0.3, 0.4) is 0 Å². The van der Waals surface area contributed by atoms with Gasteiger partial charge in [0.05, 0.1) is 5.56 Å². The van der Waals surface area contributed by atoms with E-state index < -0.39 is 21.0 Å². The third kappa shape index (κ3) is 3.53. The van der Waals surface area contributed by atoms with Gasteiger partial charge in [-0.25, -0.2) is 13.4 Å². The number of nitrogens with one attached hydrogen (secondary N) is 1. The molecule has 0 aliphatic rings. The molecule has 1 atom stereocenters. The van der Waals surface area contributed by atoms with Crippen molar-refractivity contribution in [2.45, 2.75) is 12.2 Å². The van der Waals surface area contributed by atoms with Gasteiger partial charge in [0, 0.05) is 12.5 Å². The lowest BCUT2D eigenvalue weighted by Gasteiger charge is -2.09. The summed E-state index contributed by atoms with van der Waals surface area (Å²) in [5.41, 5.74) is 0.360. The molecule has 6 nitrogen and oxygen atoms in total. The molecule has 1 heterocycles. The van der Waals surface area contributed by atoms with Gasteiger partial charge in [0.15, 0.2) is 9.84 Å². The molecular formula is C10H11N3O3S. The third-order valence-electron chi connectivity index (χ3n) is 2.16. The molecule has 1 aromatic heterocycles. The van der Waals surface area contributed by atoms with Crippen LogP contribution in [0.15, 0.2) is 18.3 Å². The molecule has 1 amide bonds. The van der Waals surface area contributed by atoms with E-state index in [0.29, 0.717) is 5.56 Å². The molecule has 90 valence electrons. The molecule has 0 saturated heterocycles. The van der Waals surface area contributed by atoms with Crippen molar-refractivity contribution < 1.29 is 13.2 Å². The molecule has 1 rings (SSSR count). The SMILES string of the molecule is CC(C(=O)Nc1ccc(C#N)cn1)S(C)(=O)=O. The molecule has 1 N–H and O–H groups in total. The van der Waals surface area contributed by atoms with Crippen molar-refractivity contribution in [2.75, 3.05) is 11.6 Å². The number of sulfone groups is 1. The first-order valence-corrected chi connectivity index (χ1v) is 6.66. The fourth-order valence-electron chi connectivity index (χ4n) is 0.956. The second-order valence-corrected chi connectivity index (χ2v) is 5.87. The standard InChI is InChI=1S/C10H11N3O3S/c1-7(17(2,15)16)10(14)13-9-4-3-8(5-11)6-12-9/h3-4,6-7H,1-2H3,(H,12,13,14). The predicted octanol–water partition coefficient (Wildman–Crippen LogP) is 0.325. The Morgan fingerprint density at radius 2 is 2.18 bits per heavy atom. The topological polar surface area (TPSA) is 99.9 Å². The number of pyridine rings is 1. The van der Waals surface area contributed by atoms with Crippen LogP contribution in [0.2, 0.25) is 0 Å². The number of carbonyl (C=O) groups is 1. The van der Waals surface area contributed by atoms with Crippen LogP contribution in [0.5, 0.6) is 0 Å². The van der Waals surface area contributed by atoms with E-state index in [1.165, 1.54) is 25.3 Å². The van der Waals surface area contributed by atoms with E-state index >= 15 is 0 Å². The average molecular weight is 253 g/mol. The molecule has 0 saturated carbocycles. The monoisotopic (exact) mass is 253 g/mol. The third-order valence-corrected chi connectivity index (χ3v) is 3.65. The summed E-state index contributed by atoms with van der Waals surface area (Å²) in [6, 6.07) is 4.80. The highest BCUT2D eigenvalue weighted by molar-refractivity contribution is 7.92. The van der Waals surface area contributed by atoms with Crippen molar-refractivity contribution in [1.82, 2.24) is 4.98 Å². The number of nitrogens with zero attached hydrogens (tertiary/aromatic N) is 2. The minimum absolute atomic E-state index is 0.213. The number of hydrogen-bond donors (Lipinski definition) is 1. The Balaban J connectivity index is 2.79. The highest BCUT2D eigenvalue weighted by Crippen LogP contribution is 2.07. The Bertz CT molecular complexity index is 557. The molecule has 0 aromatic carbocycles. The average Bonchev–Trinajstić information content (AvgIpc) is 2.27. The van der Waals surface area contributed by atoms with Gasteiger partial charge in [0.25, 0.3) is 0 Å². The highest BCUT2D eigenvalue weighted by Gasteiger charge is 2.23. The zero-order chi connectivity index (χ0) is 13.1. The zero-order valence-corrected chi connectivity index (χ0v) is 10.2. The maximum atomic E-state index is 11.5. The maximum Gasteiger partial charge on any atom is 0.243 e. The minimum atomic E-state index is -3.43. The largest absolute Gasteiger partial charge is 0.310 e. The fourth-order valence-corrected chi connectivity index (χ4v) is 1.40. The van der Waals surface area contributed by atoms with Crippen molar-refractivity contribution in [2.24, 2.45) is 0 Å². The molecule has 7 heteroatoms. The van der Waals surface area contributed by atoms with Crippen molar-refractivity contribution in [3.63, 3.8) is 0 Å². The van der Waals surface area contributed by atoms with Crippen molar-refractivity contribution >= 4 is 21.6 Å². The Kier molecular flexibility index (Phi) is 3.81. The molecule has 0 radical (unpaired) electrons. The summed E-state index contributed by atoms with van der Waals surface area (Å²) < 4.78 is 22.3. The van der Waals surface area contributed by atoms with Gasteiger partial charge in [-0.15, -0.1) is 0 Å². The molecule has 17 heavy (non-hydrogen) atoms. The number of rotatable bonds is 3. The maximum absolute atomic E-state index is 11.5. The van der Waals surface area contributed by atoms with Crippen LogP contribution in [0.4, 0.5) is 5.82 Å². The lowest BCUT2D eigenvalue weighted by molar-refractivity contribution is -0.115. The number of carbonyl (C=O) groups excluding carboxylic acids is 1. The molecule has 0 fully saturated rings. The van der Waals surface area contributed by atoms with E-state index in [0.717, 1.165) is 6.26 Å². The number of aromatic nitrogens is 1. The first-order valence-electron chi connectivity index (χ1n) is 4.70. The van der Waals surface area contributed by atoms with Crippen molar-refractivity contribution in [1.29, 1.82) is 5.26 Å². The molecule has 1 aromatic rings. The second kappa shape index (κ2) is 4.93. The number of anilines is 1. The van der Waals surface area contributed by atoms with Crippen LogP contribution in [-0.2, 0) is 14.6 Å². The van der Waals surface area contributed by atoms with Crippen LogP contribution in [0.25, 0.3) is 0 Å². The van der Waals surface area contributed by atoms with Crippen LogP contribution in [-0.4, -0.2) is 30.8 Å². The number of nitriles is 1. The highest BCUT2D eigenvalue weighted by atomic mass is 32.2. The normalized spacial score (nSPS) is 12.5. The molecule has 0 aliphatic heterocycles. The molecule has 0 aliphatic carbocycles. The van der Waals surface area contributed by atoms with Gasteiger partial charge in [-0.3, -0.25) is 4.79 Å². The Labute approximate surface area is 99.2 Å². The van der Waals surface area contributed by atoms with E-state index in [9.17, 15) is 13.2 Å². The van der Waals surface area contributed by atoms with E-state index in [1.54, 1.807) is 0 Å². The molecular weight excluding hydrogens is 242 g/mol. The van der Waals surface area contributed by atoms with Crippen LogP contribution in [0, 0.1) is 11.3 Å². The van der Waals surface area contributed by atoms with Gasteiger partial charge < -0.3 is 5.32 Å².